The molecule has 6 nitrogen and oxygen atoms in total. The van der Waals surface area contributed by atoms with E-state index in [2.05, 4.69) is 48.0 Å². The lowest BCUT2D eigenvalue weighted by Crippen LogP contribution is -2.50. The molecule has 1 fully saturated rings. The summed E-state index contributed by atoms with van der Waals surface area (Å²) < 4.78 is 10.9. The number of methoxy groups -OCH3 is 1. The molecule has 0 radical (unpaired) electrons. The molecule has 1 aromatic heterocycles. The van der Waals surface area contributed by atoms with Gasteiger partial charge in [-0.05, 0) is 41.8 Å². The van der Waals surface area contributed by atoms with Crippen LogP contribution >= 0.6 is 0 Å². The third-order valence-corrected chi connectivity index (χ3v) is 5.25. The first-order valence-electron chi connectivity index (χ1n) is 10.3. The third kappa shape index (κ3) is 6.00. The Morgan fingerprint density at radius 1 is 1.14 bits per heavy atom. The molecule has 3 rings (SSSR count). The molecule has 158 valence electrons. The Bertz CT molecular complexity index is 758. The highest BCUT2D eigenvalue weighted by Gasteiger charge is 2.28. The summed E-state index contributed by atoms with van der Waals surface area (Å²) in [5.74, 6) is 1.86. The van der Waals surface area contributed by atoms with Gasteiger partial charge in [0, 0.05) is 44.8 Å². The fourth-order valence-corrected chi connectivity index (χ4v) is 3.73. The largest absolute Gasteiger partial charge is 0.497 e. The molecule has 6 heteroatoms. The van der Waals surface area contributed by atoms with E-state index in [1.54, 1.807) is 13.4 Å². The maximum atomic E-state index is 12.3. The van der Waals surface area contributed by atoms with Crippen LogP contribution in [0.5, 0.6) is 5.75 Å². The van der Waals surface area contributed by atoms with E-state index < -0.39 is 0 Å². The molecule has 1 atom stereocenters. The summed E-state index contributed by atoms with van der Waals surface area (Å²) in [4.78, 5) is 17.1. The number of hydrogen-bond donors (Lipinski definition) is 1. The highest BCUT2D eigenvalue weighted by molar-refractivity contribution is 5.76. The van der Waals surface area contributed by atoms with Crippen LogP contribution in [0.2, 0.25) is 0 Å². The minimum absolute atomic E-state index is 0.0196. The summed E-state index contributed by atoms with van der Waals surface area (Å²) in [6.07, 6.45) is 2.22. The quantitative estimate of drug-likeness (QED) is 0.769. The maximum absolute atomic E-state index is 12.3. The normalized spacial score (nSPS) is 16.5. The van der Waals surface area contributed by atoms with E-state index in [1.807, 2.05) is 24.3 Å². The van der Waals surface area contributed by atoms with Gasteiger partial charge in [-0.3, -0.25) is 9.69 Å². The molecule has 1 aliphatic heterocycles. The van der Waals surface area contributed by atoms with Crippen molar-refractivity contribution in [2.24, 2.45) is 5.41 Å². The van der Waals surface area contributed by atoms with E-state index in [0.717, 1.165) is 37.7 Å². The Balaban J connectivity index is 1.60. The van der Waals surface area contributed by atoms with Crippen molar-refractivity contribution in [3.63, 3.8) is 0 Å². The highest BCUT2D eigenvalue weighted by Crippen LogP contribution is 2.26. The third-order valence-electron chi connectivity index (χ3n) is 5.25. The predicted molar refractivity (Wildman–Crippen MR) is 115 cm³/mol. The van der Waals surface area contributed by atoms with Crippen LogP contribution in [-0.2, 0) is 4.79 Å². The Morgan fingerprint density at radius 3 is 2.38 bits per heavy atom. The van der Waals surface area contributed by atoms with Crippen LogP contribution < -0.4 is 15.0 Å². The van der Waals surface area contributed by atoms with Crippen molar-refractivity contribution in [3.8, 4) is 5.75 Å². The van der Waals surface area contributed by atoms with Crippen molar-refractivity contribution in [2.75, 3.05) is 44.7 Å². The van der Waals surface area contributed by atoms with E-state index in [9.17, 15) is 4.79 Å². The summed E-state index contributed by atoms with van der Waals surface area (Å²) in [6.45, 7) is 10.5. The van der Waals surface area contributed by atoms with Crippen LogP contribution in [0.1, 0.15) is 39.0 Å². The van der Waals surface area contributed by atoms with Gasteiger partial charge in [0.25, 0.3) is 0 Å². The lowest BCUT2D eigenvalue weighted by atomic mass is 9.92. The molecule has 1 aliphatic rings. The van der Waals surface area contributed by atoms with E-state index in [1.165, 1.54) is 5.69 Å². The molecule has 0 bridgehead atoms. The summed E-state index contributed by atoms with van der Waals surface area (Å²) in [5, 5.41) is 3.11. The number of piperazine rings is 1. The molecule has 2 heterocycles. The zero-order chi connectivity index (χ0) is 20.9. The first-order valence-corrected chi connectivity index (χ1v) is 10.3. The number of nitrogens with one attached hydrogen (secondary N) is 1. The van der Waals surface area contributed by atoms with E-state index in [-0.39, 0.29) is 17.4 Å². The van der Waals surface area contributed by atoms with Crippen molar-refractivity contribution in [2.45, 2.75) is 33.2 Å². The van der Waals surface area contributed by atoms with Crippen molar-refractivity contribution < 1.29 is 13.9 Å². The van der Waals surface area contributed by atoms with Gasteiger partial charge in [-0.15, -0.1) is 0 Å². The monoisotopic (exact) mass is 399 g/mol. The second kappa shape index (κ2) is 9.35. The Morgan fingerprint density at radius 2 is 1.83 bits per heavy atom. The van der Waals surface area contributed by atoms with E-state index in [0.29, 0.717) is 13.0 Å². The number of amides is 1. The molecule has 0 spiro atoms. The smallest absolute Gasteiger partial charge is 0.220 e. The van der Waals surface area contributed by atoms with Gasteiger partial charge in [-0.2, -0.15) is 0 Å². The Kier molecular flexibility index (Phi) is 6.85. The fourth-order valence-electron chi connectivity index (χ4n) is 3.73. The highest BCUT2D eigenvalue weighted by atomic mass is 16.5. The Labute approximate surface area is 173 Å². The average molecular weight is 400 g/mol. The molecule has 0 aliphatic carbocycles. The topological polar surface area (TPSA) is 58.0 Å². The van der Waals surface area contributed by atoms with Crippen LogP contribution in [0.15, 0.2) is 47.1 Å². The summed E-state index contributed by atoms with van der Waals surface area (Å²) in [5.41, 5.74) is 1.19. The number of anilines is 1. The molecule has 29 heavy (non-hydrogen) atoms. The summed E-state index contributed by atoms with van der Waals surface area (Å²) >= 11 is 0. The first-order chi connectivity index (χ1) is 13.9. The molecule has 0 saturated carbocycles. The van der Waals surface area contributed by atoms with Crippen molar-refractivity contribution in [1.82, 2.24) is 10.2 Å². The standard InChI is InChI=1S/C23H33N3O3/c1-23(2,3)16-22(27)24-17-20(21-6-5-15-29-21)26-13-11-25(12-14-26)18-7-9-19(28-4)10-8-18/h5-10,15,20H,11-14,16-17H2,1-4H3,(H,24,27)/t20-/m0/s1. The lowest BCUT2D eigenvalue weighted by molar-refractivity contribution is -0.123. The van der Waals surface area contributed by atoms with Crippen molar-refractivity contribution in [1.29, 1.82) is 0 Å². The van der Waals surface area contributed by atoms with Gasteiger partial charge >= 0.3 is 0 Å². The van der Waals surface area contributed by atoms with Gasteiger partial charge in [0.05, 0.1) is 19.4 Å². The molecule has 1 N–H and O–H groups in total. The number of rotatable bonds is 7. The van der Waals surface area contributed by atoms with Crippen LogP contribution in [0.25, 0.3) is 0 Å². The summed E-state index contributed by atoms with van der Waals surface area (Å²) in [6, 6.07) is 12.2. The minimum atomic E-state index is -0.0196. The maximum Gasteiger partial charge on any atom is 0.220 e. The van der Waals surface area contributed by atoms with Crippen LogP contribution in [-0.4, -0.2) is 50.6 Å². The van der Waals surface area contributed by atoms with Gasteiger partial charge in [0.1, 0.15) is 11.5 Å². The number of ether oxygens (including phenoxy) is 1. The van der Waals surface area contributed by atoms with Crippen LogP contribution in [0, 0.1) is 5.41 Å². The predicted octanol–water partition coefficient (Wildman–Crippen LogP) is 3.70. The molecule has 0 unspecified atom stereocenters. The SMILES string of the molecule is COc1ccc(N2CCN([C@@H](CNC(=O)CC(C)(C)C)c3ccco3)CC2)cc1. The van der Waals surface area contributed by atoms with Gasteiger partial charge in [0.15, 0.2) is 0 Å². The number of hydrogen-bond acceptors (Lipinski definition) is 5. The molecule has 1 saturated heterocycles. The average Bonchev–Trinajstić information content (AvgIpc) is 3.22. The number of furan rings is 1. The van der Waals surface area contributed by atoms with E-state index >= 15 is 0 Å². The minimum Gasteiger partial charge on any atom is -0.497 e. The second-order valence-corrected chi connectivity index (χ2v) is 8.79. The Hall–Kier alpha value is -2.47. The summed E-state index contributed by atoms with van der Waals surface area (Å²) in [7, 11) is 1.68. The van der Waals surface area contributed by atoms with Crippen LogP contribution in [0.3, 0.4) is 0 Å². The van der Waals surface area contributed by atoms with Gasteiger partial charge in [0.2, 0.25) is 5.91 Å². The van der Waals surface area contributed by atoms with Crippen molar-refractivity contribution in [3.05, 3.63) is 48.4 Å². The lowest BCUT2D eigenvalue weighted by Gasteiger charge is -2.39. The zero-order valence-corrected chi connectivity index (χ0v) is 18.0. The molecular weight excluding hydrogens is 366 g/mol. The van der Waals surface area contributed by atoms with Crippen LogP contribution in [0.4, 0.5) is 5.69 Å². The fraction of sp³-hybridized carbons (Fsp3) is 0.522. The van der Waals surface area contributed by atoms with Gasteiger partial charge in [-0.25, -0.2) is 0 Å². The number of benzene rings is 1. The second-order valence-electron chi connectivity index (χ2n) is 8.79. The zero-order valence-electron chi connectivity index (χ0n) is 18.0. The first kappa shape index (κ1) is 21.2. The van der Waals surface area contributed by atoms with Gasteiger partial charge in [-0.1, -0.05) is 20.8 Å². The number of carbonyl (C=O) groups is 1. The van der Waals surface area contributed by atoms with Gasteiger partial charge < -0.3 is 19.4 Å². The van der Waals surface area contributed by atoms with E-state index in [4.69, 9.17) is 9.15 Å². The molecule has 2 aromatic rings. The number of carbonyl (C=O) groups excluding carboxylic acids is 1. The molecule has 1 aromatic carbocycles. The van der Waals surface area contributed by atoms with Crippen molar-refractivity contribution >= 4 is 11.6 Å². The number of nitrogens with zero attached hydrogens (tertiary/aromatic N) is 2. The molecule has 1 amide bonds. The molecular formula is C23H33N3O3.